The minimum atomic E-state index is -0.329. The molecular weight excluding hydrogens is 362 g/mol. The molecule has 0 bridgehead atoms. The molecule has 0 aliphatic carbocycles. The quantitative estimate of drug-likeness (QED) is 0.154. The summed E-state index contributed by atoms with van der Waals surface area (Å²) in [4.78, 5) is 0. The molecular formula is C25H54NO3+. The molecule has 0 saturated carbocycles. The van der Waals surface area contributed by atoms with Crippen LogP contribution in [0.25, 0.3) is 0 Å². The molecule has 0 aromatic rings. The van der Waals surface area contributed by atoms with Crippen molar-refractivity contribution in [1.82, 2.24) is 0 Å². The predicted molar refractivity (Wildman–Crippen MR) is 125 cm³/mol. The Hall–Kier alpha value is -0.160. The molecule has 0 saturated heterocycles. The summed E-state index contributed by atoms with van der Waals surface area (Å²) in [5.74, 6) is 0. The van der Waals surface area contributed by atoms with Crippen LogP contribution >= 0.6 is 0 Å². The zero-order valence-corrected chi connectivity index (χ0v) is 19.9. The van der Waals surface area contributed by atoms with Gasteiger partial charge in [-0.25, -0.2) is 0 Å². The van der Waals surface area contributed by atoms with Gasteiger partial charge in [0.1, 0.15) is 25.7 Å². The van der Waals surface area contributed by atoms with Gasteiger partial charge in [-0.3, -0.25) is 0 Å². The van der Waals surface area contributed by atoms with Crippen molar-refractivity contribution in [3.05, 3.63) is 0 Å². The van der Waals surface area contributed by atoms with Crippen LogP contribution in [0.15, 0.2) is 0 Å². The summed E-state index contributed by atoms with van der Waals surface area (Å²) in [5, 5.41) is 28.6. The van der Waals surface area contributed by atoms with Crippen LogP contribution in [0.2, 0.25) is 0 Å². The summed E-state index contributed by atoms with van der Waals surface area (Å²) in [5.41, 5.74) is 0. The highest BCUT2D eigenvalue weighted by molar-refractivity contribution is 4.57. The SMILES string of the molecule is CCCCCCCCCCCCCCCCCCC(O)C[N+](C)(CCO)CCO. The molecule has 3 N–H and O–H groups in total. The summed E-state index contributed by atoms with van der Waals surface area (Å²) in [6, 6.07) is 0. The average Bonchev–Trinajstić information content (AvgIpc) is 2.67. The Morgan fingerprint density at radius 2 is 0.931 bits per heavy atom. The smallest absolute Gasteiger partial charge is 0.105 e. The van der Waals surface area contributed by atoms with Crippen molar-refractivity contribution in [2.45, 2.75) is 122 Å². The summed E-state index contributed by atoms with van der Waals surface area (Å²) < 4.78 is 0.549. The highest BCUT2D eigenvalue weighted by Gasteiger charge is 2.24. The molecule has 29 heavy (non-hydrogen) atoms. The second-order valence-corrected chi connectivity index (χ2v) is 9.44. The second kappa shape index (κ2) is 21.1. The van der Waals surface area contributed by atoms with Crippen LogP contribution in [0.3, 0.4) is 0 Å². The first kappa shape index (κ1) is 28.8. The molecule has 0 aliphatic heterocycles. The van der Waals surface area contributed by atoms with Gasteiger partial charge in [-0.05, 0) is 6.42 Å². The van der Waals surface area contributed by atoms with Crippen LogP contribution in [-0.4, -0.2) is 65.8 Å². The van der Waals surface area contributed by atoms with Crippen molar-refractivity contribution in [2.75, 3.05) is 39.9 Å². The van der Waals surface area contributed by atoms with Crippen molar-refractivity contribution in [3.63, 3.8) is 0 Å². The average molecular weight is 417 g/mol. The Morgan fingerprint density at radius 3 is 1.28 bits per heavy atom. The maximum Gasteiger partial charge on any atom is 0.105 e. The zero-order chi connectivity index (χ0) is 21.6. The van der Waals surface area contributed by atoms with Gasteiger partial charge < -0.3 is 19.8 Å². The van der Waals surface area contributed by atoms with Gasteiger partial charge in [0.15, 0.2) is 0 Å². The lowest BCUT2D eigenvalue weighted by molar-refractivity contribution is -0.913. The Morgan fingerprint density at radius 1 is 0.586 bits per heavy atom. The van der Waals surface area contributed by atoms with Gasteiger partial charge in [-0.2, -0.15) is 0 Å². The normalized spacial score (nSPS) is 13.1. The lowest BCUT2D eigenvalue weighted by Gasteiger charge is -2.35. The lowest BCUT2D eigenvalue weighted by Crippen LogP contribution is -2.52. The first-order chi connectivity index (χ1) is 14.1. The highest BCUT2D eigenvalue weighted by atomic mass is 16.3. The third-order valence-electron chi connectivity index (χ3n) is 6.32. The zero-order valence-electron chi connectivity index (χ0n) is 19.9. The molecule has 176 valence electrons. The number of rotatable bonds is 23. The molecule has 1 atom stereocenters. The minimum Gasteiger partial charge on any atom is -0.391 e. The Bertz CT molecular complexity index is 319. The fourth-order valence-electron chi connectivity index (χ4n) is 4.31. The van der Waals surface area contributed by atoms with E-state index in [9.17, 15) is 15.3 Å². The maximum absolute atomic E-state index is 10.3. The van der Waals surface area contributed by atoms with Crippen LogP contribution in [0.5, 0.6) is 0 Å². The van der Waals surface area contributed by atoms with E-state index in [4.69, 9.17) is 0 Å². The Balaban J connectivity index is 3.38. The number of hydrogen-bond acceptors (Lipinski definition) is 3. The molecule has 0 aliphatic rings. The predicted octanol–water partition coefficient (Wildman–Crippen LogP) is 5.43. The summed E-state index contributed by atoms with van der Waals surface area (Å²) >= 11 is 0. The van der Waals surface area contributed by atoms with Gasteiger partial charge in [-0.1, -0.05) is 110 Å². The van der Waals surface area contributed by atoms with Crippen LogP contribution in [-0.2, 0) is 0 Å². The highest BCUT2D eigenvalue weighted by Crippen LogP contribution is 2.15. The van der Waals surface area contributed by atoms with E-state index in [-0.39, 0.29) is 19.3 Å². The van der Waals surface area contributed by atoms with Crippen LogP contribution in [0.4, 0.5) is 0 Å². The molecule has 0 fully saturated rings. The number of unbranched alkanes of at least 4 members (excludes halogenated alkanes) is 15. The van der Waals surface area contributed by atoms with Gasteiger partial charge in [0.05, 0.1) is 20.3 Å². The maximum atomic E-state index is 10.3. The van der Waals surface area contributed by atoms with Gasteiger partial charge in [-0.15, -0.1) is 0 Å². The fourth-order valence-corrected chi connectivity index (χ4v) is 4.31. The summed E-state index contributed by atoms with van der Waals surface area (Å²) in [6.45, 7) is 4.29. The lowest BCUT2D eigenvalue weighted by atomic mass is 10.0. The fraction of sp³-hybridized carbons (Fsp3) is 1.00. The van der Waals surface area contributed by atoms with Gasteiger partial charge in [0, 0.05) is 0 Å². The third-order valence-corrected chi connectivity index (χ3v) is 6.32. The minimum absolute atomic E-state index is 0.0995. The van der Waals surface area contributed by atoms with E-state index in [1.807, 2.05) is 7.05 Å². The van der Waals surface area contributed by atoms with Crippen LogP contribution in [0.1, 0.15) is 116 Å². The Kier molecular flexibility index (Phi) is 21.0. The molecule has 0 heterocycles. The number of hydrogen-bond donors (Lipinski definition) is 3. The van der Waals surface area contributed by atoms with Crippen molar-refractivity contribution in [3.8, 4) is 0 Å². The van der Waals surface area contributed by atoms with E-state index in [0.29, 0.717) is 24.1 Å². The van der Waals surface area contributed by atoms with Gasteiger partial charge >= 0.3 is 0 Å². The molecule has 0 aromatic carbocycles. The molecule has 0 aromatic heterocycles. The number of nitrogens with zero attached hydrogens (tertiary/aromatic N) is 1. The standard InChI is InChI=1S/C25H54NO3/c1-3-4-5-6-7-8-9-10-11-12-13-14-15-16-17-18-19-25(29)24-26(2,20-22-27)21-23-28/h25,27-29H,3-24H2,1-2H3/q+1. The van der Waals surface area contributed by atoms with E-state index in [0.717, 1.165) is 12.8 Å². The molecule has 0 rings (SSSR count). The van der Waals surface area contributed by atoms with E-state index in [2.05, 4.69) is 6.92 Å². The first-order valence-corrected chi connectivity index (χ1v) is 12.8. The monoisotopic (exact) mass is 416 g/mol. The van der Waals surface area contributed by atoms with E-state index in [1.54, 1.807) is 0 Å². The van der Waals surface area contributed by atoms with Crippen molar-refractivity contribution in [1.29, 1.82) is 0 Å². The van der Waals surface area contributed by atoms with Crippen molar-refractivity contribution >= 4 is 0 Å². The molecule has 0 radical (unpaired) electrons. The van der Waals surface area contributed by atoms with E-state index < -0.39 is 0 Å². The molecule has 4 nitrogen and oxygen atoms in total. The summed E-state index contributed by atoms with van der Waals surface area (Å²) in [7, 11) is 2.00. The largest absolute Gasteiger partial charge is 0.391 e. The molecule has 4 heteroatoms. The number of aliphatic hydroxyl groups excluding tert-OH is 3. The molecule has 0 spiro atoms. The van der Waals surface area contributed by atoms with Crippen LogP contribution < -0.4 is 0 Å². The third kappa shape index (κ3) is 19.5. The number of likely N-dealkylation sites (N-methyl/N-ethyl adjacent to an activating group) is 1. The van der Waals surface area contributed by atoms with Crippen molar-refractivity contribution in [2.24, 2.45) is 0 Å². The summed E-state index contributed by atoms with van der Waals surface area (Å²) in [6.07, 6.45) is 22.3. The topological polar surface area (TPSA) is 60.7 Å². The number of quaternary nitrogens is 1. The molecule has 0 amide bonds. The van der Waals surface area contributed by atoms with Gasteiger partial charge in [0.2, 0.25) is 0 Å². The van der Waals surface area contributed by atoms with Crippen molar-refractivity contribution < 1.29 is 19.8 Å². The Labute approximate surface area is 182 Å². The number of aliphatic hydroxyl groups is 3. The van der Waals surface area contributed by atoms with E-state index >= 15 is 0 Å². The van der Waals surface area contributed by atoms with Crippen LogP contribution in [0, 0.1) is 0 Å². The molecule has 1 unspecified atom stereocenters. The second-order valence-electron chi connectivity index (χ2n) is 9.44. The van der Waals surface area contributed by atoms with E-state index in [1.165, 1.54) is 96.3 Å². The first-order valence-electron chi connectivity index (χ1n) is 12.8. The van der Waals surface area contributed by atoms with Gasteiger partial charge in [0.25, 0.3) is 0 Å².